The van der Waals surface area contributed by atoms with E-state index in [0.29, 0.717) is 13.0 Å². The molecule has 0 fully saturated rings. The van der Waals surface area contributed by atoms with Gasteiger partial charge in [-0.25, -0.2) is 4.79 Å². The highest BCUT2D eigenvalue weighted by Crippen LogP contribution is 2.39. The summed E-state index contributed by atoms with van der Waals surface area (Å²) < 4.78 is 25.0. The maximum atomic E-state index is 12.0. The van der Waals surface area contributed by atoms with Crippen LogP contribution in [0.1, 0.15) is 75.7 Å². The molecular weight excluding hydrogens is 537 g/mol. The number of methoxy groups -OCH3 is 1. The molecule has 228 valence electrons. The number of ether oxygens (including phenoxy) is 1. The van der Waals surface area contributed by atoms with Gasteiger partial charge in [0.05, 0.1) is 25.9 Å². The van der Waals surface area contributed by atoms with E-state index in [2.05, 4.69) is 114 Å². The highest BCUT2D eigenvalue weighted by atomic mass is 28.4. The van der Waals surface area contributed by atoms with Crippen molar-refractivity contribution in [3.63, 3.8) is 0 Å². The largest absolute Gasteiger partial charge is 0.466 e. The third-order valence-electron chi connectivity index (χ3n) is 8.93. The lowest BCUT2D eigenvalue weighted by Gasteiger charge is -2.40. The summed E-state index contributed by atoms with van der Waals surface area (Å²) >= 11 is 0. The molecule has 8 heteroatoms. The first-order chi connectivity index (χ1) is 17.7. The lowest BCUT2D eigenvalue weighted by atomic mass is 10.1. The number of esters is 1. The molecule has 0 unspecified atom stereocenters. The Morgan fingerprint density at radius 2 is 1.23 bits per heavy atom. The first kappa shape index (κ1) is 38.2. The van der Waals surface area contributed by atoms with E-state index >= 15 is 0 Å². The van der Waals surface area contributed by atoms with Crippen molar-refractivity contribution in [1.29, 1.82) is 0 Å². The minimum Gasteiger partial charge on any atom is -0.466 e. The molecule has 0 aromatic rings. The average molecular weight is 599 g/mol. The molecule has 0 N–H and O–H groups in total. The minimum absolute atomic E-state index is 0.0504. The minimum atomic E-state index is -2.09. The van der Waals surface area contributed by atoms with E-state index in [9.17, 15) is 4.79 Å². The molecule has 0 aliphatic heterocycles. The van der Waals surface area contributed by atoms with Gasteiger partial charge in [-0.05, 0) is 67.4 Å². The number of rotatable bonds is 16. The van der Waals surface area contributed by atoms with Crippen LogP contribution in [0.25, 0.3) is 0 Å². The molecule has 0 aromatic carbocycles. The molecule has 0 aromatic heterocycles. The summed E-state index contributed by atoms with van der Waals surface area (Å²) in [6.45, 7) is 32.0. The smallest absolute Gasteiger partial charge is 0.330 e. The third kappa shape index (κ3) is 13.2. The fourth-order valence-electron chi connectivity index (χ4n) is 3.62. The Kier molecular flexibility index (Phi) is 15.7. The Morgan fingerprint density at radius 3 is 1.67 bits per heavy atom. The fraction of sp³-hybridized carbons (Fsp3) is 0.774. The van der Waals surface area contributed by atoms with Crippen molar-refractivity contribution >= 4 is 30.9 Å². The number of allylic oxidation sites excluding steroid dienone is 2. The topological polar surface area (TPSA) is 54.0 Å². The maximum Gasteiger partial charge on any atom is 0.330 e. The highest BCUT2D eigenvalue weighted by molar-refractivity contribution is 6.74. The van der Waals surface area contributed by atoms with Gasteiger partial charge >= 0.3 is 5.97 Å². The normalized spacial score (nSPS) is 16.2. The number of hydrogen-bond donors (Lipinski definition) is 0. The van der Waals surface area contributed by atoms with Gasteiger partial charge in [-0.15, -0.1) is 0 Å². The number of hydrogen-bond acceptors (Lipinski definition) is 5. The molecule has 0 heterocycles. The van der Waals surface area contributed by atoms with Crippen LogP contribution < -0.4 is 0 Å². The first-order valence-electron chi connectivity index (χ1n) is 14.8. The zero-order valence-electron chi connectivity index (χ0n) is 28.1. The zero-order chi connectivity index (χ0) is 30.7. The molecule has 0 saturated carbocycles. The van der Waals surface area contributed by atoms with Gasteiger partial charge in [0, 0.05) is 12.5 Å². The van der Waals surface area contributed by atoms with Gasteiger partial charge in [0.2, 0.25) is 0 Å². The van der Waals surface area contributed by atoms with Crippen LogP contribution in [-0.4, -0.2) is 56.8 Å². The van der Waals surface area contributed by atoms with Gasteiger partial charge in [-0.3, -0.25) is 0 Å². The van der Waals surface area contributed by atoms with Crippen LogP contribution in [0.2, 0.25) is 54.4 Å². The van der Waals surface area contributed by atoms with Crippen LogP contribution in [-0.2, 0) is 22.8 Å². The molecule has 0 saturated heterocycles. The van der Waals surface area contributed by atoms with Crippen molar-refractivity contribution in [3.05, 3.63) is 36.0 Å². The maximum absolute atomic E-state index is 12.0. The van der Waals surface area contributed by atoms with Crippen molar-refractivity contribution in [2.24, 2.45) is 0 Å². The summed E-state index contributed by atoms with van der Waals surface area (Å²) in [5.41, 5.74) is 1.16. The summed E-state index contributed by atoms with van der Waals surface area (Å²) in [5.74, 6) is -0.369. The Morgan fingerprint density at radius 1 is 0.769 bits per heavy atom. The first-order valence-corrected chi connectivity index (χ1v) is 23.1. The van der Waals surface area contributed by atoms with E-state index in [-0.39, 0.29) is 28.3 Å². The van der Waals surface area contributed by atoms with E-state index in [1.54, 1.807) is 0 Å². The molecule has 0 radical (unpaired) electrons. The number of carbonyl (C=O) groups is 1. The summed E-state index contributed by atoms with van der Waals surface area (Å²) in [6, 6.07) is 3.22. The predicted octanol–water partition coefficient (Wildman–Crippen LogP) is 9.41. The van der Waals surface area contributed by atoms with Crippen LogP contribution in [0, 0.1) is 0 Å². The third-order valence-corrected chi connectivity index (χ3v) is 22.6. The van der Waals surface area contributed by atoms with Gasteiger partial charge in [0.25, 0.3) is 0 Å². The van der Waals surface area contributed by atoms with Crippen LogP contribution in [0.3, 0.4) is 0 Å². The molecule has 0 aliphatic rings. The molecule has 5 nitrogen and oxygen atoms in total. The molecular formula is C31H62O5Si3. The molecule has 39 heavy (non-hydrogen) atoms. The second-order valence-electron chi connectivity index (χ2n) is 13.8. The van der Waals surface area contributed by atoms with E-state index < -0.39 is 25.0 Å². The SMILES string of the molecule is CC[Si](CC)(CC)O[C@H](/C=C/C(C)=C/CO[Si](C)(C)C(C)(C)C)C[C@H](/C=C/C(=O)OC)O[Si](C)(C)C(C)(C)C. The van der Waals surface area contributed by atoms with E-state index in [0.717, 1.165) is 23.7 Å². The second kappa shape index (κ2) is 16.0. The van der Waals surface area contributed by atoms with Crippen molar-refractivity contribution in [3.8, 4) is 0 Å². The van der Waals surface area contributed by atoms with E-state index in [1.165, 1.54) is 13.2 Å². The quantitative estimate of drug-likeness (QED) is 0.0766. The second-order valence-corrected chi connectivity index (χ2v) is 28.1. The molecule has 0 spiro atoms. The molecule has 0 aliphatic carbocycles. The van der Waals surface area contributed by atoms with Crippen molar-refractivity contribution in [2.75, 3.05) is 13.7 Å². The van der Waals surface area contributed by atoms with Gasteiger partial charge in [-0.1, -0.05) is 86.1 Å². The zero-order valence-corrected chi connectivity index (χ0v) is 31.1. The lowest BCUT2D eigenvalue weighted by Crippen LogP contribution is -2.45. The van der Waals surface area contributed by atoms with Crippen molar-refractivity contribution < 1.29 is 22.8 Å². The monoisotopic (exact) mass is 598 g/mol. The summed E-state index contributed by atoms with van der Waals surface area (Å²) in [5, 5.41) is 0.240. The Hall–Kier alpha value is -0.779. The predicted molar refractivity (Wildman–Crippen MR) is 176 cm³/mol. The lowest BCUT2D eigenvalue weighted by molar-refractivity contribution is -0.134. The molecule has 0 rings (SSSR count). The fourth-order valence-corrected chi connectivity index (χ4v) is 8.65. The van der Waals surface area contributed by atoms with Crippen LogP contribution in [0.15, 0.2) is 36.0 Å². The Bertz CT molecular complexity index is 820. The Labute approximate surface area is 245 Å². The van der Waals surface area contributed by atoms with E-state index in [4.69, 9.17) is 18.0 Å². The summed E-state index contributed by atoms with van der Waals surface area (Å²) in [7, 11) is -4.37. The van der Waals surface area contributed by atoms with Gasteiger partial charge < -0.3 is 18.0 Å². The van der Waals surface area contributed by atoms with Gasteiger partial charge in [0.1, 0.15) is 0 Å². The standard InChI is InChI=1S/C31H62O5Si3/c1-16-39(17-2,18-3)36-28(20-19-26(4)23-24-34-37(12,13)30(5,6)7)25-27(21-22-29(32)33-11)35-38(14,15)31(8,9)10/h19-23,27-28H,16-18,24-25H2,1-15H3/b20-19+,22-21+,26-23+/t27-,28+/m0/s1. The molecule has 0 bridgehead atoms. The highest BCUT2D eigenvalue weighted by Gasteiger charge is 2.40. The van der Waals surface area contributed by atoms with Crippen molar-refractivity contribution in [1.82, 2.24) is 0 Å². The molecule has 2 atom stereocenters. The summed E-state index contributed by atoms with van der Waals surface area (Å²) in [4.78, 5) is 12.0. The summed E-state index contributed by atoms with van der Waals surface area (Å²) in [6.07, 6.45) is 10.2. The van der Waals surface area contributed by atoms with Crippen LogP contribution in [0.4, 0.5) is 0 Å². The van der Waals surface area contributed by atoms with Crippen molar-refractivity contribution in [2.45, 2.75) is 142 Å². The molecule has 0 amide bonds. The van der Waals surface area contributed by atoms with Crippen LogP contribution >= 0.6 is 0 Å². The average Bonchev–Trinajstić information content (AvgIpc) is 2.82. The van der Waals surface area contributed by atoms with E-state index in [1.807, 2.05) is 6.08 Å². The van der Waals surface area contributed by atoms with Gasteiger partial charge in [-0.2, -0.15) is 0 Å². The Balaban J connectivity index is 6.14. The van der Waals surface area contributed by atoms with Gasteiger partial charge in [0.15, 0.2) is 25.0 Å². The van der Waals surface area contributed by atoms with Crippen LogP contribution in [0.5, 0.6) is 0 Å². The number of carbonyl (C=O) groups excluding carboxylic acids is 1.